The molecule has 19 heteroatoms. The number of carbonyl (C=O) groups excluding carboxylic acids is 4. The van der Waals surface area contributed by atoms with E-state index in [9.17, 15) is 43.2 Å². The van der Waals surface area contributed by atoms with Crippen molar-refractivity contribution in [3.63, 3.8) is 0 Å². The van der Waals surface area contributed by atoms with Crippen LogP contribution < -0.4 is 0 Å². The van der Waals surface area contributed by atoms with Crippen molar-refractivity contribution in [3.8, 4) is 0 Å². The summed E-state index contributed by atoms with van der Waals surface area (Å²) in [5.41, 5.74) is 0. The third kappa shape index (κ3) is 67.8. The first-order valence-corrected chi connectivity index (χ1v) is 42.8. The Labute approximate surface area is 592 Å². The second-order valence-corrected chi connectivity index (χ2v) is 31.0. The van der Waals surface area contributed by atoms with Crippen LogP contribution in [-0.4, -0.2) is 96.7 Å². The maximum absolute atomic E-state index is 13.1. The van der Waals surface area contributed by atoms with E-state index in [4.69, 9.17) is 37.0 Å². The first-order chi connectivity index (χ1) is 46.8. The van der Waals surface area contributed by atoms with Gasteiger partial charge in [-0.1, -0.05) is 323 Å². The summed E-state index contributed by atoms with van der Waals surface area (Å²) < 4.78 is 68.5. The minimum atomic E-state index is -4.96. The Bertz CT molecular complexity index is 1990. The summed E-state index contributed by atoms with van der Waals surface area (Å²) >= 11 is 0. The van der Waals surface area contributed by atoms with Crippen LogP contribution in [-0.2, 0) is 65.4 Å². The van der Waals surface area contributed by atoms with Crippen LogP contribution in [0.2, 0.25) is 0 Å². The second-order valence-electron chi connectivity index (χ2n) is 28.1. The largest absolute Gasteiger partial charge is 0.472 e. The summed E-state index contributed by atoms with van der Waals surface area (Å²) in [6, 6.07) is 0. The van der Waals surface area contributed by atoms with E-state index in [1.54, 1.807) is 0 Å². The highest BCUT2D eigenvalue weighted by Gasteiger charge is 2.30. The Balaban J connectivity index is 5.21. The molecule has 0 aliphatic carbocycles. The van der Waals surface area contributed by atoms with E-state index in [0.29, 0.717) is 25.7 Å². The fourth-order valence-corrected chi connectivity index (χ4v) is 12.9. The molecule has 0 saturated heterocycles. The van der Waals surface area contributed by atoms with Gasteiger partial charge in [0.2, 0.25) is 0 Å². The van der Waals surface area contributed by atoms with Gasteiger partial charge in [-0.25, -0.2) is 9.13 Å². The Morgan fingerprint density at radius 1 is 0.330 bits per heavy atom. The molecule has 0 aliphatic heterocycles. The van der Waals surface area contributed by atoms with Crippen molar-refractivity contribution >= 4 is 39.5 Å². The zero-order valence-corrected chi connectivity index (χ0v) is 64.8. The van der Waals surface area contributed by atoms with Gasteiger partial charge in [-0.05, 0) is 69.1 Å². The molecule has 8 atom stereocenters. The van der Waals surface area contributed by atoms with Crippen LogP contribution in [0, 0.1) is 17.8 Å². The van der Waals surface area contributed by atoms with Crippen LogP contribution in [0.3, 0.4) is 0 Å². The van der Waals surface area contributed by atoms with Gasteiger partial charge in [0.05, 0.1) is 26.4 Å². The molecule has 0 heterocycles. The lowest BCUT2D eigenvalue weighted by atomic mass is 9.99. The first-order valence-electron chi connectivity index (χ1n) is 39.8. The minimum Gasteiger partial charge on any atom is -0.462 e. The van der Waals surface area contributed by atoms with Crippen molar-refractivity contribution < 1.29 is 80.2 Å². The van der Waals surface area contributed by atoms with Crippen molar-refractivity contribution in [2.45, 2.75) is 394 Å². The SMILES string of the molecule is CCCCCC/C=C\C=C/CCCCCCCC(=O)O[C@H](COC(=O)CCCCCCCCC(C)CC)COP(=O)(O)OC[C@H](O)COP(=O)(O)OC[C@@H](COC(=O)CCCCCCCCC(C)CC)OC(=O)CCCCCCCCCCCCCCCCCCCCC(C)CC. The van der Waals surface area contributed by atoms with Crippen molar-refractivity contribution in [2.75, 3.05) is 39.6 Å². The Morgan fingerprint density at radius 2 is 0.577 bits per heavy atom. The van der Waals surface area contributed by atoms with Gasteiger partial charge in [-0.15, -0.1) is 0 Å². The molecule has 0 aromatic rings. The summed E-state index contributed by atoms with van der Waals surface area (Å²) in [4.78, 5) is 72.8. The number of rotatable bonds is 74. The molecule has 3 N–H and O–H groups in total. The number of aliphatic hydroxyl groups excluding tert-OH is 1. The van der Waals surface area contributed by atoms with E-state index < -0.39 is 97.5 Å². The first kappa shape index (κ1) is 94.5. The van der Waals surface area contributed by atoms with Crippen LogP contribution >= 0.6 is 15.6 Å². The van der Waals surface area contributed by atoms with Crippen molar-refractivity contribution in [2.24, 2.45) is 17.8 Å². The van der Waals surface area contributed by atoms with E-state index >= 15 is 0 Å². The summed E-state index contributed by atoms with van der Waals surface area (Å²) in [6.45, 7) is 11.8. The molecule has 97 heavy (non-hydrogen) atoms. The molecule has 0 aromatic heterocycles. The maximum Gasteiger partial charge on any atom is 0.472 e. The quantitative estimate of drug-likeness (QED) is 0.0169. The van der Waals surface area contributed by atoms with Crippen LogP contribution in [0.5, 0.6) is 0 Å². The third-order valence-electron chi connectivity index (χ3n) is 18.6. The molecular weight excluding hydrogens is 1270 g/mol. The highest BCUT2D eigenvalue weighted by atomic mass is 31.2. The molecule has 0 spiro atoms. The summed E-state index contributed by atoms with van der Waals surface area (Å²) in [6.07, 6.45) is 57.8. The number of carbonyl (C=O) groups is 4. The highest BCUT2D eigenvalue weighted by Crippen LogP contribution is 2.45. The Hall–Kier alpha value is -2.46. The molecule has 5 unspecified atom stereocenters. The molecule has 572 valence electrons. The van der Waals surface area contributed by atoms with Crippen LogP contribution in [0.25, 0.3) is 0 Å². The van der Waals surface area contributed by atoms with Crippen molar-refractivity contribution in [1.29, 1.82) is 0 Å². The molecule has 0 fully saturated rings. The number of unbranched alkanes of at least 4 members (excludes halogenated alkanes) is 36. The van der Waals surface area contributed by atoms with Crippen molar-refractivity contribution in [3.05, 3.63) is 24.3 Å². The Kier molecular flexibility index (Phi) is 66.3. The summed E-state index contributed by atoms with van der Waals surface area (Å²) in [5.74, 6) is 0.176. The second kappa shape index (κ2) is 68.0. The lowest BCUT2D eigenvalue weighted by molar-refractivity contribution is -0.161. The minimum absolute atomic E-state index is 0.0838. The number of ether oxygens (including phenoxy) is 4. The predicted molar refractivity (Wildman–Crippen MR) is 395 cm³/mol. The number of esters is 4. The standard InChI is InChI=1S/C78H148O17P2/c1-8-12-13-14-15-16-17-18-23-27-30-33-36-47-54-61-77(82)94-73(65-88-75(80)59-52-45-40-38-43-50-57-70(6)10-3)67-92-96(84,85)90-63-72(79)64-91-97(86,87)93-68-74(66-89-76(81)60-53-46-41-39-44-51-58-71(7)11-4)95-78(83)62-55-48-37-34-31-28-25-22-20-19-21-24-26-29-32-35-42-49-56-69(5)9-2/h16-18,23,69-74,79H,8-15,19-22,24-68H2,1-7H3,(H,84,85)(H,86,87)/b17-16-,23-18-/t69?,70?,71?,72-,73+,74+/m0/s1. The van der Waals surface area contributed by atoms with E-state index in [1.165, 1.54) is 161 Å². The normalized spacial score (nSPS) is 15.0. The topological polar surface area (TPSA) is 237 Å². The van der Waals surface area contributed by atoms with E-state index in [2.05, 4.69) is 72.8 Å². The average Bonchev–Trinajstić information content (AvgIpc) is 2.53. The fraction of sp³-hybridized carbons (Fsp3) is 0.897. The molecule has 0 aromatic carbocycles. The summed E-state index contributed by atoms with van der Waals surface area (Å²) in [7, 11) is -9.93. The van der Waals surface area contributed by atoms with Gasteiger partial charge < -0.3 is 33.8 Å². The smallest absolute Gasteiger partial charge is 0.462 e. The van der Waals surface area contributed by atoms with Gasteiger partial charge in [0.25, 0.3) is 0 Å². The molecule has 0 rings (SSSR count). The maximum atomic E-state index is 13.1. The Morgan fingerprint density at radius 3 is 0.866 bits per heavy atom. The number of hydrogen-bond donors (Lipinski definition) is 3. The van der Waals surface area contributed by atoms with Crippen LogP contribution in [0.15, 0.2) is 24.3 Å². The molecule has 0 amide bonds. The molecule has 0 saturated carbocycles. The average molecular weight is 1420 g/mol. The van der Waals surface area contributed by atoms with Crippen LogP contribution in [0.1, 0.15) is 376 Å². The molecule has 0 radical (unpaired) electrons. The zero-order chi connectivity index (χ0) is 71.6. The van der Waals surface area contributed by atoms with E-state index in [1.807, 2.05) is 0 Å². The van der Waals surface area contributed by atoms with Crippen molar-refractivity contribution in [1.82, 2.24) is 0 Å². The summed E-state index contributed by atoms with van der Waals surface area (Å²) in [5, 5.41) is 10.6. The fourth-order valence-electron chi connectivity index (χ4n) is 11.3. The van der Waals surface area contributed by atoms with Gasteiger partial charge in [-0.3, -0.25) is 37.3 Å². The van der Waals surface area contributed by atoms with E-state index in [0.717, 1.165) is 133 Å². The van der Waals surface area contributed by atoms with Gasteiger partial charge in [0, 0.05) is 25.7 Å². The highest BCUT2D eigenvalue weighted by molar-refractivity contribution is 7.47. The molecule has 17 nitrogen and oxygen atoms in total. The predicted octanol–water partition coefficient (Wildman–Crippen LogP) is 22.5. The molecule has 0 bridgehead atoms. The monoisotopic (exact) mass is 1420 g/mol. The van der Waals surface area contributed by atoms with Gasteiger partial charge >= 0.3 is 39.5 Å². The van der Waals surface area contributed by atoms with E-state index in [-0.39, 0.29) is 25.7 Å². The molecule has 0 aliphatic rings. The van der Waals surface area contributed by atoms with Gasteiger partial charge in [-0.2, -0.15) is 0 Å². The number of hydrogen-bond acceptors (Lipinski definition) is 15. The lowest BCUT2D eigenvalue weighted by Gasteiger charge is -2.21. The zero-order valence-electron chi connectivity index (χ0n) is 63.0. The van der Waals surface area contributed by atoms with Gasteiger partial charge in [0.15, 0.2) is 12.2 Å². The molecular formula is C78H148O17P2. The number of allylic oxidation sites excluding steroid dienone is 4. The number of phosphoric acid groups is 2. The lowest BCUT2D eigenvalue weighted by Crippen LogP contribution is -2.30. The number of phosphoric ester groups is 2. The number of aliphatic hydroxyl groups is 1. The van der Waals surface area contributed by atoms with Gasteiger partial charge in [0.1, 0.15) is 19.3 Å². The third-order valence-corrected chi connectivity index (χ3v) is 20.5. The van der Waals surface area contributed by atoms with Crippen LogP contribution in [0.4, 0.5) is 0 Å².